The summed E-state index contributed by atoms with van der Waals surface area (Å²) in [5.74, 6) is 0. The Morgan fingerprint density at radius 3 is 0.768 bits per heavy atom. The Morgan fingerprint density at radius 2 is 0.507 bits per heavy atom. The van der Waals surface area contributed by atoms with Crippen LogP contribution in [0.1, 0.15) is 0 Å². The smallest absolute Gasteiger partial charge is 0.416 e. The normalized spacial score (nSPS) is 33.4. The molecule has 4 aliphatic heterocycles. The molecule has 0 aromatic rings. The minimum atomic E-state index is -4.93. The fourth-order valence-electron chi connectivity index (χ4n) is 6.21. The second kappa shape index (κ2) is 27.5. The summed E-state index contributed by atoms with van der Waals surface area (Å²) in [5.41, 5.74) is 0. The van der Waals surface area contributed by atoms with Crippen LogP contribution in [0.25, 0.3) is 0 Å². The molecule has 4 heterocycles. The Bertz CT molecular complexity index is 1640. The van der Waals surface area contributed by atoms with E-state index in [0.717, 1.165) is 0 Å². The molecule has 53 heteroatoms. The monoisotopic (exact) mass is 1730 g/mol. The highest BCUT2D eigenvalue weighted by atomic mass is 35.9. The predicted octanol–water partition coefficient (Wildman–Crippen LogP) is 16.6. The van der Waals surface area contributed by atoms with Crippen LogP contribution in [0.3, 0.4) is 0 Å². The first-order valence-electron chi connectivity index (χ1n) is 19.1. The van der Waals surface area contributed by atoms with Crippen LogP contribution in [0.5, 0.6) is 0 Å². The molecule has 4 atom stereocenters. The first-order valence-corrected chi connectivity index (χ1v) is 76.5. The molecule has 0 aromatic carbocycles. The van der Waals surface area contributed by atoms with Crippen LogP contribution in [0.2, 0.25) is 96.7 Å². The van der Waals surface area contributed by atoms with Crippen molar-refractivity contribution in [3.63, 3.8) is 0 Å². The van der Waals surface area contributed by atoms with E-state index in [-0.39, 0.29) is 96.7 Å². The van der Waals surface area contributed by atoms with Gasteiger partial charge in [-0.3, -0.25) is 0 Å². The van der Waals surface area contributed by atoms with Gasteiger partial charge < -0.3 is 49.4 Å². The van der Waals surface area contributed by atoms with Crippen molar-refractivity contribution in [2.45, 2.75) is 96.7 Å². The fraction of sp³-hybridized carbons (Fsp3) is 1.00. The average Bonchev–Trinajstić information content (AvgIpc) is 3.09. The molecule has 404 valence electrons. The molecular weight excluding hydrogens is 1710 g/mol. The van der Waals surface area contributed by atoms with E-state index in [9.17, 15) is 0 Å². The highest BCUT2D eigenvalue weighted by Gasteiger charge is 2.79. The molecule has 12 nitrogen and oxygen atoms in total. The van der Waals surface area contributed by atoms with Gasteiger partial charge in [-0.25, -0.2) is 0 Å². The molecule has 0 saturated carbocycles. The molecule has 4 rings (SSSR count). The van der Waals surface area contributed by atoms with Crippen molar-refractivity contribution in [3.8, 4) is 0 Å². The van der Waals surface area contributed by atoms with E-state index in [0.29, 0.717) is 0 Å². The topological polar surface area (TPSA) is 111 Å². The minimum absolute atomic E-state index is 0.134. The lowest BCUT2D eigenvalue weighted by atomic mass is 11.0. The van der Waals surface area contributed by atoms with Crippen LogP contribution in [0.15, 0.2) is 0 Å². The Hall–Kier alpha value is 10.2. The van der Waals surface area contributed by atoms with Crippen molar-refractivity contribution in [2.24, 2.45) is 0 Å². The van der Waals surface area contributed by atoms with Gasteiger partial charge in [-0.2, -0.15) is 0 Å². The molecular formula is C16H32Cl24O12Si17. The van der Waals surface area contributed by atoms with Gasteiger partial charge in [0.05, 0.1) is 0 Å². The maximum atomic E-state index is 7.45. The molecule has 4 unspecified atom stereocenters. The molecule has 0 aliphatic carbocycles. The third kappa shape index (κ3) is 26.8. The van der Waals surface area contributed by atoms with Crippen molar-refractivity contribution in [3.05, 3.63) is 0 Å². The Morgan fingerprint density at radius 1 is 0.290 bits per heavy atom. The van der Waals surface area contributed by atoms with Crippen molar-refractivity contribution < 1.29 is 49.4 Å². The highest BCUT2D eigenvalue weighted by molar-refractivity contribution is 7.68. The lowest BCUT2D eigenvalue weighted by molar-refractivity contribution is 0.00606. The van der Waals surface area contributed by atoms with Crippen molar-refractivity contribution in [1.82, 2.24) is 0 Å². The predicted molar refractivity (Wildman–Crippen MR) is 328 cm³/mol. The second-order valence-electron chi connectivity index (χ2n) is 15.2. The Labute approximate surface area is 533 Å². The van der Waals surface area contributed by atoms with E-state index in [2.05, 4.69) is 0 Å². The number of hydrogen-bond acceptors (Lipinski definition) is 12. The summed E-state index contributed by atoms with van der Waals surface area (Å²) in [6, 6.07) is -31.7. The third-order valence-corrected chi connectivity index (χ3v) is 66.9. The first kappa shape index (κ1) is 71.6. The van der Waals surface area contributed by atoms with Crippen LogP contribution in [0, 0.1) is 0 Å². The van der Waals surface area contributed by atoms with Gasteiger partial charge >= 0.3 is 120 Å². The summed E-state index contributed by atoms with van der Waals surface area (Å²) >= 11 is 158. The summed E-state index contributed by atoms with van der Waals surface area (Å²) in [5, 5.41) is 0. The van der Waals surface area contributed by atoms with Crippen LogP contribution in [-0.2, 0) is 49.4 Å². The van der Waals surface area contributed by atoms with E-state index >= 15 is 0 Å². The van der Waals surface area contributed by atoms with Gasteiger partial charge in [0.15, 0.2) is 0 Å². The molecule has 6 bridgehead atoms. The van der Waals surface area contributed by atoms with Gasteiger partial charge in [0, 0.05) is 42.3 Å². The van der Waals surface area contributed by atoms with Crippen molar-refractivity contribution in [1.29, 1.82) is 0 Å². The largest absolute Gasteiger partial charge is 0.478 e. The van der Waals surface area contributed by atoms with E-state index in [1.165, 1.54) is 0 Å². The zero-order valence-corrected chi connectivity index (χ0v) is 68.9. The summed E-state index contributed by atoms with van der Waals surface area (Å²) in [7, 11) is -35.3. The number of fused-ring (bicyclic) bond motifs is 4. The zero-order chi connectivity index (χ0) is 52.7. The molecule has 0 aromatic heterocycles. The average molecular weight is 1740 g/mol. The molecule has 4 aliphatic rings. The maximum Gasteiger partial charge on any atom is 0.478 e. The summed E-state index contributed by atoms with van der Waals surface area (Å²) < 4.78 is 86.8. The van der Waals surface area contributed by atoms with Gasteiger partial charge in [0.25, 0.3) is 0 Å². The van der Waals surface area contributed by atoms with E-state index in [4.69, 9.17) is 315 Å². The number of rotatable bonds is 26. The molecule has 4 fully saturated rings. The number of hydrogen-bond donors (Lipinski definition) is 0. The minimum Gasteiger partial charge on any atom is -0.416 e. The molecule has 0 spiro atoms. The number of halogens is 24. The quantitative estimate of drug-likeness (QED) is 0.0467. The Kier molecular flexibility index (Phi) is 28.5. The molecule has 0 N–H and O–H groups in total. The van der Waals surface area contributed by atoms with Gasteiger partial charge in [0.2, 0.25) is 9.76 Å². The zero-order valence-electron chi connectivity index (χ0n) is 33.8. The van der Waals surface area contributed by atoms with E-state index < -0.39 is 129 Å². The molecule has 4 radical (unpaired) electrons. The summed E-state index contributed by atoms with van der Waals surface area (Å²) in [6.07, 6.45) is 0. The standard InChI is InChI=1S/C16H32Cl24O12Si17/c17-55(18,19)2-1-53-41-63(10-3-56(20,21)22)44-66(13-6-59(29,30)31)46-64(11-4-57(23,24)25)42-54-43-65(12-5-58(26,27)28)47-67(45-63,14-7-60(32,33)34)51-69(50-66,16-9-62(38,39)40)52-68(48-64,49-65)15-8-61(35,36)37/h1-16H2. The fourth-order valence-corrected chi connectivity index (χ4v) is 84.5. The maximum absolute atomic E-state index is 7.45. The first-order chi connectivity index (χ1) is 30.7. The summed E-state index contributed by atoms with van der Waals surface area (Å²) in [4.78, 5) is 0. The lowest BCUT2D eigenvalue weighted by Crippen LogP contribution is -2.84. The molecule has 0 amide bonds. The van der Waals surface area contributed by atoms with Crippen molar-refractivity contribution >= 4 is 395 Å². The molecule has 4 saturated heterocycles. The molecule has 69 heavy (non-hydrogen) atoms. The van der Waals surface area contributed by atoms with Crippen LogP contribution >= 0.6 is 266 Å². The Balaban J connectivity index is 2.27. The lowest BCUT2D eigenvalue weighted by Gasteiger charge is -2.59. The van der Waals surface area contributed by atoms with Crippen LogP contribution in [0.4, 0.5) is 0 Å². The van der Waals surface area contributed by atoms with E-state index in [1.54, 1.807) is 0 Å². The SMILES string of the molecule is Cl[Si](Cl)(Cl)CC[Si]O[Si]1(CC[Si](Cl)(Cl)Cl)O[Si]2(CC[Si](Cl)(Cl)Cl)O[Si]3(CC[Si](Cl)(Cl)Cl)O[Si]O[Si]4(CC[Si](Cl)(Cl)Cl)O[Si](CC[Si](Cl)(Cl)Cl)(O1)O[Si](CC[Si](Cl)(Cl)Cl)(O2)O[Si](CC[Si](Cl)(Cl)Cl)(O3)O4. The third-order valence-electron chi connectivity index (χ3n) is 8.93. The van der Waals surface area contributed by atoms with Gasteiger partial charge in [-0.15, -0.1) is 266 Å². The van der Waals surface area contributed by atoms with Gasteiger partial charge in [-0.05, 0) is 54.4 Å². The van der Waals surface area contributed by atoms with Crippen LogP contribution in [-0.4, -0.2) is 129 Å². The van der Waals surface area contributed by atoms with Gasteiger partial charge in [0.1, 0.15) is 0 Å². The van der Waals surface area contributed by atoms with Crippen molar-refractivity contribution in [2.75, 3.05) is 0 Å². The van der Waals surface area contributed by atoms with Crippen LogP contribution < -0.4 is 0 Å². The second-order valence-corrected chi connectivity index (χ2v) is 113. The highest BCUT2D eigenvalue weighted by Crippen LogP contribution is 2.54. The van der Waals surface area contributed by atoms with E-state index in [1.807, 2.05) is 0 Å². The van der Waals surface area contributed by atoms with Gasteiger partial charge in [-0.1, -0.05) is 0 Å². The summed E-state index contributed by atoms with van der Waals surface area (Å²) in [6.45, 7) is 0.